The highest BCUT2D eigenvalue weighted by atomic mass is 28.4. The van der Waals surface area contributed by atoms with Gasteiger partial charge in [0.15, 0.2) is 0 Å². The molecule has 0 aromatic heterocycles. The second-order valence-corrected chi connectivity index (χ2v) is 18.4. The van der Waals surface area contributed by atoms with Crippen molar-refractivity contribution in [1.82, 2.24) is 0 Å². The highest BCUT2D eigenvalue weighted by Crippen LogP contribution is 2.56. The molecule has 1 heterocycles. The van der Waals surface area contributed by atoms with Gasteiger partial charge in [-0.15, -0.1) is 0 Å². The lowest BCUT2D eigenvalue weighted by Gasteiger charge is -2.56. The second kappa shape index (κ2) is 3.48. The van der Waals surface area contributed by atoms with Crippen LogP contribution in [0.1, 0.15) is 27.2 Å². The Balaban J connectivity index is 3.00. The van der Waals surface area contributed by atoms with E-state index in [2.05, 4.69) is 47.0 Å². The van der Waals surface area contributed by atoms with Crippen LogP contribution in [0.2, 0.25) is 42.9 Å². The molecule has 0 spiro atoms. The lowest BCUT2D eigenvalue weighted by molar-refractivity contribution is 0.566. The van der Waals surface area contributed by atoms with Gasteiger partial charge in [0.25, 0.3) is 0 Å². The smallest absolute Gasteiger partial charge is 0.0506 e. The third-order valence-corrected chi connectivity index (χ3v) is 19.6. The fraction of sp³-hybridized carbons (Fsp3) is 1.00. The highest BCUT2D eigenvalue weighted by molar-refractivity contribution is 7.00. The summed E-state index contributed by atoms with van der Waals surface area (Å²) in [6, 6.07) is 3.15. The predicted octanol–water partition coefficient (Wildman–Crippen LogP) is 4.76. The summed E-state index contributed by atoms with van der Waals surface area (Å²) in [5.74, 6) is 1.06. The van der Waals surface area contributed by atoms with Crippen LogP contribution in [0.4, 0.5) is 0 Å². The van der Waals surface area contributed by atoms with E-state index in [1.54, 1.807) is 12.1 Å². The van der Waals surface area contributed by atoms with Crippen molar-refractivity contribution in [2.75, 3.05) is 0 Å². The zero-order chi connectivity index (χ0) is 11.2. The van der Waals surface area contributed by atoms with Gasteiger partial charge in [0.1, 0.15) is 0 Å². The van der Waals surface area contributed by atoms with Crippen molar-refractivity contribution >= 4 is 16.1 Å². The van der Waals surface area contributed by atoms with Crippen molar-refractivity contribution in [2.45, 2.75) is 70.1 Å². The molecule has 0 bridgehead atoms. The third kappa shape index (κ3) is 1.75. The van der Waals surface area contributed by atoms with Crippen molar-refractivity contribution < 1.29 is 0 Å². The van der Waals surface area contributed by atoms with E-state index in [9.17, 15) is 0 Å². The fourth-order valence-corrected chi connectivity index (χ4v) is 16.2. The second-order valence-electron chi connectivity index (χ2n) is 7.08. The lowest BCUT2D eigenvalue weighted by Crippen LogP contribution is -2.59. The van der Waals surface area contributed by atoms with Gasteiger partial charge in [-0.1, -0.05) is 65.5 Å². The van der Waals surface area contributed by atoms with Crippen LogP contribution in [-0.4, -0.2) is 16.1 Å². The molecule has 0 saturated carbocycles. The summed E-state index contributed by atoms with van der Waals surface area (Å²) >= 11 is 0. The molecule has 1 aliphatic heterocycles. The first-order chi connectivity index (χ1) is 6.14. The normalized spacial score (nSPS) is 30.2. The summed E-state index contributed by atoms with van der Waals surface area (Å²) in [7, 11) is -1.95. The number of hydrogen-bond acceptors (Lipinski definition) is 0. The number of rotatable bonds is 1. The molecule has 1 saturated heterocycles. The van der Waals surface area contributed by atoms with E-state index >= 15 is 0 Å². The van der Waals surface area contributed by atoms with Crippen molar-refractivity contribution in [3.8, 4) is 0 Å². The maximum Gasteiger partial charge on any atom is 0.0506 e. The predicted molar refractivity (Wildman–Crippen MR) is 72.4 cm³/mol. The van der Waals surface area contributed by atoms with Crippen LogP contribution in [0.5, 0.6) is 0 Å². The van der Waals surface area contributed by atoms with E-state index in [1.165, 1.54) is 6.42 Å². The molecule has 0 nitrogen and oxygen atoms in total. The highest BCUT2D eigenvalue weighted by Gasteiger charge is 2.54. The minimum atomic E-state index is -0.976. The summed E-state index contributed by atoms with van der Waals surface area (Å²) in [5.41, 5.74) is 0. The van der Waals surface area contributed by atoms with Crippen molar-refractivity contribution in [3.05, 3.63) is 0 Å². The zero-order valence-electron chi connectivity index (χ0n) is 11.2. The van der Waals surface area contributed by atoms with E-state index in [-0.39, 0.29) is 0 Å². The van der Waals surface area contributed by atoms with Crippen LogP contribution in [0.3, 0.4) is 0 Å². The Kier molecular flexibility index (Phi) is 3.11. The topological polar surface area (TPSA) is 0 Å². The Morgan fingerprint density at radius 3 is 1.64 bits per heavy atom. The maximum atomic E-state index is 2.63. The summed E-state index contributed by atoms with van der Waals surface area (Å²) < 4.78 is 0.728. The molecule has 0 aromatic carbocycles. The number of hydrogen-bond donors (Lipinski definition) is 0. The lowest BCUT2D eigenvalue weighted by atomic mass is 10.1. The van der Waals surface area contributed by atoms with Crippen molar-refractivity contribution in [2.24, 2.45) is 5.92 Å². The SMILES string of the molecule is CCC1C[Si](C)(C)C(C)(C)[Si](C)(C)C1. The van der Waals surface area contributed by atoms with Gasteiger partial charge in [0.2, 0.25) is 0 Å². The Bertz CT molecular complexity index is 196. The molecule has 0 aromatic rings. The van der Waals surface area contributed by atoms with E-state index in [1.807, 2.05) is 0 Å². The van der Waals surface area contributed by atoms with Crippen LogP contribution in [0.25, 0.3) is 0 Å². The zero-order valence-corrected chi connectivity index (χ0v) is 13.2. The molecule has 0 unspecified atom stereocenters. The molecule has 14 heavy (non-hydrogen) atoms. The van der Waals surface area contributed by atoms with E-state index in [0.717, 1.165) is 10.6 Å². The summed E-state index contributed by atoms with van der Waals surface area (Å²) in [5, 5.41) is 0. The van der Waals surface area contributed by atoms with E-state index < -0.39 is 16.1 Å². The van der Waals surface area contributed by atoms with Crippen molar-refractivity contribution in [3.63, 3.8) is 0 Å². The first-order valence-corrected chi connectivity index (χ1v) is 12.6. The third-order valence-electron chi connectivity index (χ3n) is 5.56. The molecule has 2 heteroatoms. The van der Waals surface area contributed by atoms with Gasteiger partial charge in [-0.25, -0.2) is 0 Å². The fourth-order valence-electron chi connectivity index (χ4n) is 3.23. The average Bonchev–Trinajstić information content (AvgIpc) is 1.99. The Hall–Kier alpha value is 0.434. The van der Waals surface area contributed by atoms with Gasteiger partial charge in [-0.3, -0.25) is 0 Å². The van der Waals surface area contributed by atoms with Crippen LogP contribution in [-0.2, 0) is 0 Å². The molecule has 0 aliphatic carbocycles. The molecule has 84 valence electrons. The molecule has 1 fully saturated rings. The Labute approximate surface area is 92.5 Å². The largest absolute Gasteiger partial charge is 0.0692 e. The van der Waals surface area contributed by atoms with Gasteiger partial charge in [0.05, 0.1) is 16.1 Å². The molecule has 0 radical (unpaired) electrons. The van der Waals surface area contributed by atoms with Crippen LogP contribution >= 0.6 is 0 Å². The monoisotopic (exact) mass is 228 g/mol. The summed E-state index contributed by atoms with van der Waals surface area (Å²) in [4.78, 5) is 0. The molecule has 1 rings (SSSR count). The van der Waals surface area contributed by atoms with Gasteiger partial charge in [0, 0.05) is 0 Å². The Morgan fingerprint density at radius 2 is 1.36 bits per heavy atom. The molecular weight excluding hydrogens is 200 g/mol. The maximum absolute atomic E-state index is 2.63. The molecule has 1 aliphatic rings. The summed E-state index contributed by atoms with van der Waals surface area (Å²) in [6.07, 6.45) is 1.42. The van der Waals surface area contributed by atoms with Crippen molar-refractivity contribution in [1.29, 1.82) is 0 Å². The molecule has 0 amide bonds. The van der Waals surface area contributed by atoms with Gasteiger partial charge in [-0.05, 0) is 10.6 Å². The minimum absolute atomic E-state index is 0.728. The van der Waals surface area contributed by atoms with Crippen LogP contribution in [0, 0.1) is 5.92 Å². The van der Waals surface area contributed by atoms with E-state index in [4.69, 9.17) is 0 Å². The summed E-state index contributed by atoms with van der Waals surface area (Å²) in [6.45, 7) is 18.1. The minimum Gasteiger partial charge on any atom is -0.0692 e. The van der Waals surface area contributed by atoms with Gasteiger partial charge < -0.3 is 0 Å². The van der Waals surface area contributed by atoms with E-state index in [0.29, 0.717) is 0 Å². The molecular formula is C12H28Si2. The van der Waals surface area contributed by atoms with Crippen LogP contribution in [0.15, 0.2) is 0 Å². The average molecular weight is 229 g/mol. The van der Waals surface area contributed by atoms with Crippen LogP contribution < -0.4 is 0 Å². The molecule has 0 N–H and O–H groups in total. The Morgan fingerprint density at radius 1 is 1.00 bits per heavy atom. The van der Waals surface area contributed by atoms with Gasteiger partial charge >= 0.3 is 0 Å². The first kappa shape index (κ1) is 12.5. The molecule has 0 atom stereocenters. The standard InChI is InChI=1S/C12H28Si2/c1-8-11-9-13(4,5)12(2,3)14(6,7)10-11/h11H,8-10H2,1-7H3. The first-order valence-electron chi connectivity index (χ1n) is 6.14. The van der Waals surface area contributed by atoms with Gasteiger partial charge in [-0.2, -0.15) is 0 Å². The quantitative estimate of drug-likeness (QED) is 0.568.